The van der Waals surface area contributed by atoms with Gasteiger partial charge >= 0.3 is 0 Å². The van der Waals surface area contributed by atoms with Crippen molar-refractivity contribution in [2.24, 2.45) is 0 Å². The third-order valence-corrected chi connectivity index (χ3v) is 2.82. The predicted octanol–water partition coefficient (Wildman–Crippen LogP) is 2.96. The first-order valence-corrected chi connectivity index (χ1v) is 6.12. The average Bonchev–Trinajstić information content (AvgIpc) is 2.29. The maximum absolute atomic E-state index is 8.77. The third-order valence-electron chi connectivity index (χ3n) is 2.82. The van der Waals surface area contributed by atoms with Gasteiger partial charge in [-0.2, -0.15) is 5.26 Å². The second kappa shape index (κ2) is 6.15. The maximum atomic E-state index is 8.77. The van der Waals surface area contributed by atoms with Crippen LogP contribution in [-0.2, 0) is 6.42 Å². The zero-order valence-electron chi connectivity index (χ0n) is 10.9. The zero-order valence-corrected chi connectivity index (χ0v) is 10.9. The third kappa shape index (κ3) is 3.39. The van der Waals surface area contributed by atoms with E-state index in [1.54, 1.807) is 0 Å². The average molecular weight is 231 g/mol. The summed E-state index contributed by atoms with van der Waals surface area (Å²) in [4.78, 5) is 2.33. The van der Waals surface area contributed by atoms with Gasteiger partial charge in [-0.15, -0.1) is 0 Å². The molecule has 3 nitrogen and oxygen atoms in total. The Hall–Kier alpha value is -1.69. The van der Waals surface area contributed by atoms with Crippen LogP contribution in [0.5, 0.6) is 0 Å². The van der Waals surface area contributed by atoms with E-state index in [9.17, 15) is 0 Å². The minimum Gasteiger partial charge on any atom is -0.398 e. The van der Waals surface area contributed by atoms with Crippen LogP contribution in [-0.4, -0.2) is 12.6 Å². The SMILES string of the molecule is CCCN(c1ccc(N)c(CC#N)c1)C(C)C. The summed E-state index contributed by atoms with van der Waals surface area (Å²) in [6.07, 6.45) is 1.48. The Balaban J connectivity index is 3.04. The van der Waals surface area contributed by atoms with E-state index >= 15 is 0 Å². The number of hydrogen-bond acceptors (Lipinski definition) is 3. The van der Waals surface area contributed by atoms with E-state index in [0.717, 1.165) is 24.2 Å². The van der Waals surface area contributed by atoms with E-state index in [1.165, 1.54) is 0 Å². The van der Waals surface area contributed by atoms with Gasteiger partial charge in [0.05, 0.1) is 12.5 Å². The lowest BCUT2D eigenvalue weighted by Gasteiger charge is -2.29. The molecule has 0 atom stereocenters. The molecule has 0 saturated heterocycles. The van der Waals surface area contributed by atoms with Gasteiger partial charge in [-0.3, -0.25) is 0 Å². The van der Waals surface area contributed by atoms with Crippen molar-refractivity contribution in [1.82, 2.24) is 0 Å². The van der Waals surface area contributed by atoms with Gasteiger partial charge in [0.25, 0.3) is 0 Å². The van der Waals surface area contributed by atoms with Gasteiger partial charge in [-0.25, -0.2) is 0 Å². The van der Waals surface area contributed by atoms with Crippen molar-refractivity contribution >= 4 is 11.4 Å². The topological polar surface area (TPSA) is 53.0 Å². The molecule has 0 spiro atoms. The van der Waals surface area contributed by atoms with Crippen LogP contribution in [0.4, 0.5) is 11.4 Å². The van der Waals surface area contributed by atoms with Crippen molar-refractivity contribution < 1.29 is 0 Å². The summed E-state index contributed by atoms with van der Waals surface area (Å²) in [5.41, 5.74) is 8.64. The fraction of sp³-hybridized carbons (Fsp3) is 0.500. The minimum absolute atomic E-state index is 0.373. The van der Waals surface area contributed by atoms with Crippen molar-refractivity contribution in [2.75, 3.05) is 17.2 Å². The number of nitrogens with two attached hydrogens (primary N) is 1. The summed E-state index contributed by atoms with van der Waals surface area (Å²) in [6.45, 7) is 7.54. The van der Waals surface area contributed by atoms with Crippen LogP contribution < -0.4 is 10.6 Å². The van der Waals surface area contributed by atoms with E-state index in [2.05, 4.69) is 31.7 Å². The van der Waals surface area contributed by atoms with E-state index in [0.29, 0.717) is 18.2 Å². The van der Waals surface area contributed by atoms with Crippen LogP contribution in [0.25, 0.3) is 0 Å². The molecule has 0 bridgehead atoms. The molecule has 0 aromatic heterocycles. The Morgan fingerprint density at radius 2 is 2.12 bits per heavy atom. The van der Waals surface area contributed by atoms with Gasteiger partial charge in [-0.1, -0.05) is 6.92 Å². The van der Waals surface area contributed by atoms with Gasteiger partial charge < -0.3 is 10.6 Å². The Morgan fingerprint density at radius 3 is 2.65 bits per heavy atom. The van der Waals surface area contributed by atoms with Gasteiger partial charge in [0.15, 0.2) is 0 Å². The lowest BCUT2D eigenvalue weighted by atomic mass is 10.1. The number of benzene rings is 1. The normalized spacial score (nSPS) is 10.3. The first-order chi connectivity index (χ1) is 8.10. The Morgan fingerprint density at radius 1 is 1.41 bits per heavy atom. The van der Waals surface area contributed by atoms with Gasteiger partial charge in [0.1, 0.15) is 0 Å². The molecule has 0 amide bonds. The summed E-state index contributed by atoms with van der Waals surface area (Å²) in [7, 11) is 0. The highest BCUT2D eigenvalue weighted by molar-refractivity contribution is 5.59. The zero-order chi connectivity index (χ0) is 12.8. The molecule has 0 aliphatic carbocycles. The molecule has 0 aliphatic rings. The molecule has 3 heteroatoms. The van der Waals surface area contributed by atoms with E-state index in [1.807, 2.05) is 18.2 Å². The van der Waals surface area contributed by atoms with Crippen LogP contribution in [0, 0.1) is 11.3 Å². The molecule has 0 saturated carbocycles. The minimum atomic E-state index is 0.373. The van der Waals surface area contributed by atoms with Crippen molar-refractivity contribution in [3.63, 3.8) is 0 Å². The van der Waals surface area contributed by atoms with E-state index in [4.69, 9.17) is 11.0 Å². The van der Waals surface area contributed by atoms with Gasteiger partial charge in [0, 0.05) is 24.0 Å². The molecule has 92 valence electrons. The maximum Gasteiger partial charge on any atom is 0.0670 e. The fourth-order valence-corrected chi connectivity index (χ4v) is 1.94. The molecular weight excluding hydrogens is 210 g/mol. The molecule has 0 aliphatic heterocycles. The van der Waals surface area contributed by atoms with Crippen LogP contribution in [0.3, 0.4) is 0 Å². The van der Waals surface area contributed by atoms with E-state index < -0.39 is 0 Å². The molecule has 0 radical (unpaired) electrons. The van der Waals surface area contributed by atoms with Crippen molar-refractivity contribution in [1.29, 1.82) is 5.26 Å². The highest BCUT2D eigenvalue weighted by Crippen LogP contribution is 2.23. The fourth-order valence-electron chi connectivity index (χ4n) is 1.94. The Labute approximate surface area is 104 Å². The number of rotatable bonds is 5. The molecule has 1 rings (SSSR count). The molecular formula is C14H21N3. The van der Waals surface area contributed by atoms with Crippen LogP contribution in [0.15, 0.2) is 18.2 Å². The molecule has 1 aromatic carbocycles. The molecule has 1 aromatic rings. The number of nitrogens with zero attached hydrogens (tertiary/aromatic N) is 2. The Bertz CT molecular complexity index is 404. The number of anilines is 2. The van der Waals surface area contributed by atoms with Crippen molar-refractivity contribution in [2.45, 2.75) is 39.7 Å². The van der Waals surface area contributed by atoms with Crippen LogP contribution in [0.2, 0.25) is 0 Å². The summed E-state index contributed by atoms with van der Waals surface area (Å²) >= 11 is 0. The summed E-state index contributed by atoms with van der Waals surface area (Å²) in [6, 6.07) is 8.57. The predicted molar refractivity (Wildman–Crippen MR) is 72.9 cm³/mol. The lowest BCUT2D eigenvalue weighted by Crippen LogP contribution is -2.31. The summed E-state index contributed by atoms with van der Waals surface area (Å²) in [5, 5.41) is 8.77. The van der Waals surface area contributed by atoms with Gasteiger partial charge in [0.2, 0.25) is 0 Å². The Kier molecular flexibility index (Phi) is 4.84. The van der Waals surface area contributed by atoms with Crippen LogP contribution >= 0.6 is 0 Å². The number of nitrogen functional groups attached to an aromatic ring is 1. The van der Waals surface area contributed by atoms with Gasteiger partial charge in [-0.05, 0) is 44.0 Å². The first-order valence-electron chi connectivity index (χ1n) is 6.12. The first kappa shape index (κ1) is 13.4. The highest BCUT2D eigenvalue weighted by atomic mass is 15.1. The lowest BCUT2D eigenvalue weighted by molar-refractivity contribution is 0.671. The molecule has 17 heavy (non-hydrogen) atoms. The number of hydrogen-bond donors (Lipinski definition) is 1. The van der Waals surface area contributed by atoms with Crippen molar-refractivity contribution in [3.05, 3.63) is 23.8 Å². The smallest absolute Gasteiger partial charge is 0.0670 e. The van der Waals surface area contributed by atoms with Crippen LogP contribution in [0.1, 0.15) is 32.8 Å². The van der Waals surface area contributed by atoms with E-state index in [-0.39, 0.29) is 0 Å². The summed E-state index contributed by atoms with van der Waals surface area (Å²) < 4.78 is 0. The van der Waals surface area contributed by atoms with Crippen molar-refractivity contribution in [3.8, 4) is 6.07 Å². The monoisotopic (exact) mass is 231 g/mol. The molecule has 0 heterocycles. The molecule has 0 fully saturated rings. The highest BCUT2D eigenvalue weighted by Gasteiger charge is 2.11. The standard InChI is InChI=1S/C14H21N3/c1-4-9-17(11(2)3)13-5-6-14(16)12(10-13)7-8-15/h5-6,10-11H,4,7,9,16H2,1-3H3. The second-order valence-corrected chi connectivity index (χ2v) is 4.51. The number of nitriles is 1. The molecule has 2 N–H and O–H groups in total. The second-order valence-electron chi connectivity index (χ2n) is 4.51. The molecule has 0 unspecified atom stereocenters. The quantitative estimate of drug-likeness (QED) is 0.793. The summed E-state index contributed by atoms with van der Waals surface area (Å²) in [5.74, 6) is 0. The largest absolute Gasteiger partial charge is 0.398 e.